The molecule has 1 saturated heterocycles. The second-order valence-corrected chi connectivity index (χ2v) is 5.72. The fraction of sp³-hybridized carbons (Fsp3) is 0.471. The van der Waals surface area contributed by atoms with Crippen molar-refractivity contribution < 1.29 is 9.13 Å². The van der Waals surface area contributed by atoms with Crippen molar-refractivity contribution in [3.8, 4) is 17.1 Å². The maximum absolute atomic E-state index is 14.5. The molecule has 1 aliphatic heterocycles. The Hall–Kier alpha value is -1.30. The zero-order valence-corrected chi connectivity index (χ0v) is 15.5. The minimum absolute atomic E-state index is 0. The van der Waals surface area contributed by atoms with Crippen molar-refractivity contribution in [2.75, 3.05) is 13.7 Å². The average Bonchev–Trinajstić information content (AvgIpc) is 3.04. The molecular formula is C17H24Cl2FN3O. The van der Waals surface area contributed by atoms with E-state index in [0.717, 1.165) is 25.8 Å². The lowest BCUT2D eigenvalue weighted by Crippen LogP contribution is -2.38. The van der Waals surface area contributed by atoms with Gasteiger partial charge in [0.15, 0.2) is 11.6 Å². The number of benzene rings is 1. The fourth-order valence-corrected chi connectivity index (χ4v) is 3.20. The van der Waals surface area contributed by atoms with Crippen LogP contribution in [0.5, 0.6) is 5.75 Å². The van der Waals surface area contributed by atoms with E-state index >= 15 is 0 Å². The Morgan fingerprint density at radius 2 is 2.17 bits per heavy atom. The van der Waals surface area contributed by atoms with E-state index in [2.05, 4.69) is 21.8 Å². The normalized spacial score (nSPS) is 20.0. The summed E-state index contributed by atoms with van der Waals surface area (Å²) in [6.45, 7) is 3.18. The number of hydrogen-bond donors (Lipinski definition) is 1. The summed E-state index contributed by atoms with van der Waals surface area (Å²) in [5.41, 5.74) is 0.496. The highest BCUT2D eigenvalue weighted by Gasteiger charge is 2.24. The van der Waals surface area contributed by atoms with Crippen LogP contribution in [-0.4, -0.2) is 29.2 Å². The fourth-order valence-electron chi connectivity index (χ4n) is 3.20. The van der Waals surface area contributed by atoms with Crippen molar-refractivity contribution in [1.82, 2.24) is 14.9 Å². The van der Waals surface area contributed by atoms with Gasteiger partial charge in [-0.2, -0.15) is 0 Å². The summed E-state index contributed by atoms with van der Waals surface area (Å²) in [5, 5.41) is 3.52. The number of aromatic nitrogens is 2. The van der Waals surface area contributed by atoms with E-state index in [1.807, 2.05) is 6.20 Å². The van der Waals surface area contributed by atoms with Crippen LogP contribution >= 0.6 is 24.8 Å². The largest absolute Gasteiger partial charge is 0.494 e. The van der Waals surface area contributed by atoms with Crippen molar-refractivity contribution in [3.05, 3.63) is 36.4 Å². The van der Waals surface area contributed by atoms with Gasteiger partial charge in [-0.05, 0) is 37.9 Å². The van der Waals surface area contributed by atoms with Crippen LogP contribution in [0.4, 0.5) is 4.39 Å². The third kappa shape index (κ3) is 4.02. The van der Waals surface area contributed by atoms with E-state index in [1.54, 1.807) is 24.4 Å². The van der Waals surface area contributed by atoms with Crippen molar-refractivity contribution in [2.24, 2.45) is 0 Å². The molecule has 2 atom stereocenters. The molecule has 2 heterocycles. The molecule has 0 aliphatic carbocycles. The standard InChI is InChI=1S/C17H22FN3O.2ClH/c1-3-12-11-13(7-8-19-12)21-10-9-20-17(21)14-5-4-6-15(22-2)16(14)18;;/h4-6,9-10,12-13,19H,3,7-8,11H2,1-2H3;2*1H/t12-,13+;;/m0../s1. The van der Waals surface area contributed by atoms with Crippen molar-refractivity contribution in [3.63, 3.8) is 0 Å². The molecule has 0 unspecified atom stereocenters. The molecule has 0 saturated carbocycles. The molecule has 1 aliphatic rings. The predicted octanol–water partition coefficient (Wildman–Crippen LogP) is 4.24. The smallest absolute Gasteiger partial charge is 0.175 e. The van der Waals surface area contributed by atoms with Gasteiger partial charge in [0, 0.05) is 24.5 Å². The quantitative estimate of drug-likeness (QED) is 0.868. The van der Waals surface area contributed by atoms with Crippen LogP contribution in [0.25, 0.3) is 11.4 Å². The van der Waals surface area contributed by atoms with Gasteiger partial charge in [0.1, 0.15) is 5.82 Å². The van der Waals surface area contributed by atoms with Gasteiger partial charge in [0.05, 0.1) is 12.7 Å². The summed E-state index contributed by atoms with van der Waals surface area (Å²) >= 11 is 0. The zero-order valence-electron chi connectivity index (χ0n) is 13.9. The Morgan fingerprint density at radius 3 is 2.88 bits per heavy atom. The van der Waals surface area contributed by atoms with Gasteiger partial charge in [0.2, 0.25) is 0 Å². The molecule has 2 aromatic rings. The molecule has 1 N–H and O–H groups in total. The van der Waals surface area contributed by atoms with E-state index in [0.29, 0.717) is 23.5 Å². The number of hydrogen-bond acceptors (Lipinski definition) is 3. The molecular weight excluding hydrogens is 352 g/mol. The van der Waals surface area contributed by atoms with Crippen molar-refractivity contribution >= 4 is 24.8 Å². The van der Waals surface area contributed by atoms with Crippen LogP contribution < -0.4 is 10.1 Å². The third-order valence-electron chi connectivity index (χ3n) is 4.45. The number of methoxy groups -OCH3 is 1. The first-order valence-electron chi connectivity index (χ1n) is 7.83. The Morgan fingerprint density at radius 1 is 1.38 bits per heavy atom. The number of ether oxygens (including phenoxy) is 1. The van der Waals surface area contributed by atoms with Crippen molar-refractivity contribution in [1.29, 1.82) is 0 Å². The Bertz CT molecular complexity index is 651. The second kappa shape index (κ2) is 9.25. The summed E-state index contributed by atoms with van der Waals surface area (Å²) in [7, 11) is 1.48. The lowest BCUT2D eigenvalue weighted by Gasteiger charge is -2.31. The van der Waals surface area contributed by atoms with Crippen LogP contribution in [0, 0.1) is 5.82 Å². The molecule has 134 valence electrons. The summed E-state index contributed by atoms with van der Waals surface area (Å²) in [5.74, 6) is 0.584. The van der Waals surface area contributed by atoms with E-state index in [9.17, 15) is 4.39 Å². The number of rotatable bonds is 4. The summed E-state index contributed by atoms with van der Waals surface area (Å²) < 4.78 is 21.7. The first-order chi connectivity index (χ1) is 10.7. The molecule has 3 rings (SSSR count). The maximum atomic E-state index is 14.5. The molecule has 4 nitrogen and oxygen atoms in total. The Kier molecular flexibility index (Phi) is 8.00. The summed E-state index contributed by atoms with van der Waals surface area (Å²) in [4.78, 5) is 4.40. The molecule has 7 heteroatoms. The van der Waals surface area contributed by atoms with Crippen LogP contribution in [0.3, 0.4) is 0 Å². The maximum Gasteiger partial charge on any atom is 0.175 e. The molecule has 0 amide bonds. The SMILES string of the molecule is CC[C@H]1C[C@H](n2ccnc2-c2cccc(OC)c2F)CCN1.Cl.Cl. The van der Waals surface area contributed by atoms with Crippen LogP contribution in [0.2, 0.25) is 0 Å². The van der Waals surface area contributed by atoms with Gasteiger partial charge in [-0.15, -0.1) is 24.8 Å². The van der Waals surface area contributed by atoms with Crippen molar-refractivity contribution in [2.45, 2.75) is 38.3 Å². The molecule has 1 aromatic heterocycles. The van der Waals surface area contributed by atoms with Gasteiger partial charge in [-0.1, -0.05) is 13.0 Å². The second-order valence-electron chi connectivity index (χ2n) is 5.72. The van der Waals surface area contributed by atoms with E-state index < -0.39 is 0 Å². The molecule has 0 radical (unpaired) electrons. The lowest BCUT2D eigenvalue weighted by molar-refractivity contribution is 0.297. The molecule has 0 spiro atoms. The van der Waals surface area contributed by atoms with E-state index in [4.69, 9.17) is 4.74 Å². The van der Waals surface area contributed by atoms with Crippen LogP contribution in [0.15, 0.2) is 30.6 Å². The Labute approximate surface area is 154 Å². The Balaban J connectivity index is 0.00000144. The minimum Gasteiger partial charge on any atom is -0.494 e. The number of nitrogens with zero attached hydrogens (tertiary/aromatic N) is 2. The van der Waals surface area contributed by atoms with Gasteiger partial charge < -0.3 is 14.6 Å². The number of nitrogens with one attached hydrogen (secondary N) is 1. The predicted molar refractivity (Wildman–Crippen MR) is 99.0 cm³/mol. The topological polar surface area (TPSA) is 39.1 Å². The molecule has 24 heavy (non-hydrogen) atoms. The number of halogens is 3. The highest BCUT2D eigenvalue weighted by Crippen LogP contribution is 2.32. The summed E-state index contributed by atoms with van der Waals surface area (Å²) in [6, 6.07) is 6.06. The third-order valence-corrected chi connectivity index (χ3v) is 4.45. The van der Waals surface area contributed by atoms with E-state index in [-0.39, 0.29) is 36.4 Å². The van der Waals surface area contributed by atoms with Gasteiger partial charge in [-0.25, -0.2) is 9.37 Å². The average molecular weight is 376 g/mol. The van der Waals surface area contributed by atoms with Crippen LogP contribution in [0.1, 0.15) is 32.2 Å². The first kappa shape index (κ1) is 20.7. The minimum atomic E-state index is -0.349. The number of imidazole rings is 1. The first-order valence-corrected chi connectivity index (χ1v) is 7.83. The van der Waals surface area contributed by atoms with E-state index in [1.165, 1.54) is 7.11 Å². The molecule has 1 aromatic carbocycles. The van der Waals surface area contributed by atoms with Gasteiger partial charge in [0.25, 0.3) is 0 Å². The van der Waals surface area contributed by atoms with Gasteiger partial charge >= 0.3 is 0 Å². The highest BCUT2D eigenvalue weighted by molar-refractivity contribution is 5.85. The van der Waals surface area contributed by atoms with Gasteiger partial charge in [-0.3, -0.25) is 0 Å². The summed E-state index contributed by atoms with van der Waals surface area (Å²) in [6.07, 6.45) is 6.89. The molecule has 1 fully saturated rings. The lowest BCUT2D eigenvalue weighted by atomic mass is 9.97. The number of piperidine rings is 1. The van der Waals surface area contributed by atoms with Crippen LogP contribution in [-0.2, 0) is 0 Å². The molecule has 0 bridgehead atoms. The monoisotopic (exact) mass is 375 g/mol. The zero-order chi connectivity index (χ0) is 15.5. The highest BCUT2D eigenvalue weighted by atomic mass is 35.5.